The van der Waals surface area contributed by atoms with Crippen LogP contribution in [0.25, 0.3) is 0 Å². The van der Waals surface area contributed by atoms with Crippen molar-refractivity contribution in [2.45, 2.75) is 12.3 Å². The summed E-state index contributed by atoms with van der Waals surface area (Å²) >= 11 is 0. The zero-order chi connectivity index (χ0) is 13.7. The third kappa shape index (κ3) is 3.61. The van der Waals surface area contributed by atoms with Gasteiger partial charge in [-0.25, -0.2) is 8.78 Å². The Bertz CT molecular complexity index is 540. The second kappa shape index (κ2) is 6.43. The Kier molecular flexibility index (Phi) is 4.63. The molecular formula is C16H17F2N. The molecule has 0 saturated heterocycles. The molecule has 0 spiro atoms. The lowest BCUT2D eigenvalue weighted by Gasteiger charge is -2.17. The number of hydrogen-bond donors (Lipinski definition) is 1. The topological polar surface area (TPSA) is 12.0 Å². The average molecular weight is 261 g/mol. The van der Waals surface area contributed by atoms with Crippen molar-refractivity contribution in [1.29, 1.82) is 0 Å². The van der Waals surface area contributed by atoms with E-state index < -0.39 is 0 Å². The summed E-state index contributed by atoms with van der Waals surface area (Å²) in [6.07, 6.45) is 0.553. The van der Waals surface area contributed by atoms with Crippen LogP contribution in [-0.4, -0.2) is 13.6 Å². The first-order valence-corrected chi connectivity index (χ1v) is 6.34. The predicted molar refractivity (Wildman–Crippen MR) is 73.2 cm³/mol. The monoisotopic (exact) mass is 261 g/mol. The first-order valence-electron chi connectivity index (χ1n) is 6.34. The van der Waals surface area contributed by atoms with Crippen molar-refractivity contribution in [2.24, 2.45) is 0 Å². The normalized spacial score (nSPS) is 12.4. The molecule has 0 saturated carbocycles. The summed E-state index contributed by atoms with van der Waals surface area (Å²) in [5.74, 6) is -0.412. The summed E-state index contributed by atoms with van der Waals surface area (Å²) in [4.78, 5) is 0. The molecule has 0 radical (unpaired) electrons. The van der Waals surface area contributed by atoms with Crippen LogP contribution >= 0.6 is 0 Å². The van der Waals surface area contributed by atoms with E-state index in [0.717, 1.165) is 5.56 Å². The summed E-state index contributed by atoms with van der Waals surface area (Å²) in [5, 5.41) is 3.08. The lowest BCUT2D eigenvalue weighted by atomic mass is 9.91. The first-order chi connectivity index (χ1) is 9.20. The highest BCUT2D eigenvalue weighted by atomic mass is 19.1. The van der Waals surface area contributed by atoms with Gasteiger partial charge in [-0.1, -0.05) is 30.3 Å². The Balaban J connectivity index is 2.24. The minimum Gasteiger partial charge on any atom is -0.319 e. The fourth-order valence-electron chi connectivity index (χ4n) is 2.24. The molecule has 0 aromatic heterocycles. The summed E-state index contributed by atoms with van der Waals surface area (Å²) in [6, 6.07) is 13.2. The van der Waals surface area contributed by atoms with Crippen LogP contribution in [0.1, 0.15) is 17.0 Å². The molecule has 100 valence electrons. The van der Waals surface area contributed by atoms with Crippen LogP contribution in [0, 0.1) is 11.6 Å². The van der Waals surface area contributed by atoms with Gasteiger partial charge in [0.05, 0.1) is 0 Å². The molecule has 1 nitrogen and oxygen atoms in total. The van der Waals surface area contributed by atoms with Gasteiger partial charge < -0.3 is 5.32 Å². The van der Waals surface area contributed by atoms with E-state index in [0.29, 0.717) is 18.5 Å². The van der Waals surface area contributed by atoms with E-state index in [1.165, 1.54) is 18.2 Å². The Morgan fingerprint density at radius 2 is 1.84 bits per heavy atom. The van der Waals surface area contributed by atoms with Crippen molar-refractivity contribution in [1.82, 2.24) is 5.32 Å². The maximum Gasteiger partial charge on any atom is 0.126 e. The predicted octanol–water partition coefficient (Wildman–Crippen LogP) is 3.51. The van der Waals surface area contributed by atoms with Gasteiger partial charge in [0.15, 0.2) is 0 Å². The minimum atomic E-state index is -0.257. The van der Waals surface area contributed by atoms with Crippen molar-refractivity contribution in [2.75, 3.05) is 13.6 Å². The second-order valence-electron chi connectivity index (χ2n) is 4.61. The quantitative estimate of drug-likeness (QED) is 0.868. The first kappa shape index (κ1) is 13.7. The third-order valence-corrected chi connectivity index (χ3v) is 3.19. The molecule has 0 aliphatic heterocycles. The molecule has 0 heterocycles. The third-order valence-electron chi connectivity index (χ3n) is 3.19. The second-order valence-corrected chi connectivity index (χ2v) is 4.61. The molecule has 0 aliphatic carbocycles. The maximum absolute atomic E-state index is 13.7. The summed E-state index contributed by atoms with van der Waals surface area (Å²) in [5.41, 5.74) is 1.55. The van der Waals surface area contributed by atoms with E-state index in [-0.39, 0.29) is 17.6 Å². The maximum atomic E-state index is 13.7. The van der Waals surface area contributed by atoms with E-state index >= 15 is 0 Å². The van der Waals surface area contributed by atoms with Gasteiger partial charge in [0.25, 0.3) is 0 Å². The SMILES string of the molecule is CNCC(Cc1ccccc1F)c1cccc(F)c1. The molecule has 0 fully saturated rings. The Hall–Kier alpha value is -1.74. The molecular weight excluding hydrogens is 244 g/mol. The molecule has 19 heavy (non-hydrogen) atoms. The van der Waals surface area contributed by atoms with Crippen molar-refractivity contribution in [3.05, 3.63) is 71.3 Å². The van der Waals surface area contributed by atoms with Crippen molar-refractivity contribution >= 4 is 0 Å². The number of hydrogen-bond acceptors (Lipinski definition) is 1. The summed E-state index contributed by atoms with van der Waals surface area (Å²) < 4.78 is 27.0. The zero-order valence-electron chi connectivity index (χ0n) is 10.9. The highest BCUT2D eigenvalue weighted by Gasteiger charge is 2.14. The van der Waals surface area contributed by atoms with Crippen LogP contribution in [0.5, 0.6) is 0 Å². The molecule has 1 unspecified atom stereocenters. The van der Waals surface area contributed by atoms with Gasteiger partial charge >= 0.3 is 0 Å². The van der Waals surface area contributed by atoms with Crippen molar-refractivity contribution in [3.63, 3.8) is 0 Å². The molecule has 1 N–H and O–H groups in total. The van der Waals surface area contributed by atoms with E-state index in [9.17, 15) is 8.78 Å². The lowest BCUT2D eigenvalue weighted by molar-refractivity contribution is 0.569. The van der Waals surface area contributed by atoms with Gasteiger partial charge in [-0.15, -0.1) is 0 Å². The average Bonchev–Trinajstić information content (AvgIpc) is 2.40. The van der Waals surface area contributed by atoms with E-state index in [1.54, 1.807) is 18.2 Å². The van der Waals surface area contributed by atoms with E-state index in [1.807, 2.05) is 19.2 Å². The molecule has 0 bridgehead atoms. The molecule has 2 aromatic carbocycles. The smallest absolute Gasteiger partial charge is 0.126 e. The number of likely N-dealkylation sites (N-methyl/N-ethyl adjacent to an activating group) is 1. The van der Waals surface area contributed by atoms with Crippen LogP contribution in [0.4, 0.5) is 8.78 Å². The van der Waals surface area contributed by atoms with Crippen LogP contribution in [0.2, 0.25) is 0 Å². The van der Waals surface area contributed by atoms with Crippen molar-refractivity contribution in [3.8, 4) is 0 Å². The van der Waals surface area contributed by atoms with Gasteiger partial charge in [0.2, 0.25) is 0 Å². The van der Waals surface area contributed by atoms with Gasteiger partial charge in [-0.2, -0.15) is 0 Å². The minimum absolute atomic E-state index is 0.0533. The van der Waals surface area contributed by atoms with Crippen LogP contribution in [0.15, 0.2) is 48.5 Å². The largest absolute Gasteiger partial charge is 0.319 e. The molecule has 2 aromatic rings. The molecule has 2 rings (SSSR count). The molecule has 3 heteroatoms. The molecule has 0 aliphatic rings. The number of nitrogens with one attached hydrogen (secondary N) is 1. The number of benzene rings is 2. The van der Waals surface area contributed by atoms with Crippen LogP contribution in [-0.2, 0) is 6.42 Å². The highest BCUT2D eigenvalue weighted by Crippen LogP contribution is 2.22. The van der Waals surface area contributed by atoms with Crippen molar-refractivity contribution < 1.29 is 8.78 Å². The van der Waals surface area contributed by atoms with Crippen LogP contribution in [0.3, 0.4) is 0 Å². The van der Waals surface area contributed by atoms with Gasteiger partial charge in [0, 0.05) is 12.5 Å². The van der Waals surface area contributed by atoms with E-state index in [4.69, 9.17) is 0 Å². The highest BCUT2D eigenvalue weighted by molar-refractivity contribution is 5.26. The lowest BCUT2D eigenvalue weighted by Crippen LogP contribution is -2.19. The molecule has 1 atom stereocenters. The Labute approximate surface area is 112 Å². The van der Waals surface area contributed by atoms with Crippen LogP contribution < -0.4 is 5.32 Å². The fourth-order valence-corrected chi connectivity index (χ4v) is 2.24. The summed E-state index contributed by atoms with van der Waals surface area (Å²) in [7, 11) is 1.84. The standard InChI is InChI=1S/C16H17F2N/c1-19-11-14(12-6-4-7-15(17)10-12)9-13-5-2-3-8-16(13)18/h2-8,10,14,19H,9,11H2,1H3. The Morgan fingerprint density at radius 3 is 2.53 bits per heavy atom. The van der Waals surface area contributed by atoms with Gasteiger partial charge in [-0.3, -0.25) is 0 Å². The van der Waals surface area contributed by atoms with E-state index in [2.05, 4.69) is 5.32 Å². The van der Waals surface area contributed by atoms with Gasteiger partial charge in [0.1, 0.15) is 11.6 Å². The zero-order valence-corrected chi connectivity index (χ0v) is 10.9. The Morgan fingerprint density at radius 1 is 1.05 bits per heavy atom. The number of halogens is 2. The fraction of sp³-hybridized carbons (Fsp3) is 0.250. The molecule has 0 amide bonds. The van der Waals surface area contributed by atoms with Gasteiger partial charge in [-0.05, 0) is 42.8 Å². The summed E-state index contributed by atoms with van der Waals surface area (Å²) in [6.45, 7) is 0.678. The number of rotatable bonds is 5.